The average Bonchev–Trinajstić information content (AvgIpc) is 2.66. The van der Waals surface area contributed by atoms with Crippen molar-refractivity contribution in [2.45, 2.75) is 38.3 Å². The van der Waals surface area contributed by atoms with Crippen LogP contribution in [0.15, 0.2) is 5.11 Å². The number of likely N-dealkylation sites (N-methyl/N-ethyl adjacent to an activating group) is 1. The minimum Gasteiger partial charge on any atom is -0.465 e. The van der Waals surface area contributed by atoms with Gasteiger partial charge in [0.25, 0.3) is 0 Å². The fourth-order valence-electron chi connectivity index (χ4n) is 2.45. The van der Waals surface area contributed by atoms with Gasteiger partial charge in [0.05, 0.1) is 6.61 Å². The molecule has 1 aliphatic rings. The number of hydrogen-bond acceptors (Lipinski definition) is 5. The van der Waals surface area contributed by atoms with Crippen molar-refractivity contribution in [1.29, 1.82) is 0 Å². The Bertz CT molecular complexity index is 344. The number of nitrogens with one attached hydrogen (secondary N) is 1. The van der Waals surface area contributed by atoms with Crippen molar-refractivity contribution in [3.05, 3.63) is 10.4 Å². The molecule has 0 spiro atoms. The third-order valence-electron chi connectivity index (χ3n) is 3.54. The normalized spacial score (nSPS) is 27.0. The molecule has 0 saturated carbocycles. The van der Waals surface area contributed by atoms with Gasteiger partial charge >= 0.3 is 5.97 Å². The Labute approximate surface area is 113 Å². The van der Waals surface area contributed by atoms with E-state index in [1.807, 2.05) is 14.0 Å². The van der Waals surface area contributed by atoms with E-state index in [1.54, 1.807) is 0 Å². The molecule has 1 N–H and O–H groups in total. The smallest absolute Gasteiger partial charge is 0.327 e. The van der Waals surface area contributed by atoms with Crippen LogP contribution in [0.4, 0.5) is 0 Å². The van der Waals surface area contributed by atoms with Gasteiger partial charge in [-0.1, -0.05) is 5.11 Å². The van der Waals surface area contributed by atoms with E-state index in [-0.39, 0.29) is 5.97 Å². The zero-order valence-electron chi connectivity index (χ0n) is 11.9. The zero-order valence-corrected chi connectivity index (χ0v) is 11.9. The van der Waals surface area contributed by atoms with E-state index in [0.717, 1.165) is 6.42 Å². The Morgan fingerprint density at radius 2 is 2.42 bits per heavy atom. The lowest BCUT2D eigenvalue weighted by Gasteiger charge is -2.27. The summed E-state index contributed by atoms with van der Waals surface area (Å²) in [5.74, 6) is -0.185. The van der Waals surface area contributed by atoms with E-state index >= 15 is 0 Å². The Morgan fingerprint density at radius 3 is 2.95 bits per heavy atom. The van der Waals surface area contributed by atoms with Gasteiger partial charge in [0.1, 0.15) is 5.54 Å². The van der Waals surface area contributed by atoms with Crippen LogP contribution in [0.3, 0.4) is 0 Å². The van der Waals surface area contributed by atoms with Crippen molar-refractivity contribution in [2.24, 2.45) is 5.11 Å². The summed E-state index contributed by atoms with van der Waals surface area (Å²) < 4.78 is 5.19. The van der Waals surface area contributed by atoms with Gasteiger partial charge in [-0.2, -0.15) is 0 Å². The summed E-state index contributed by atoms with van der Waals surface area (Å²) in [6, 6.07) is 0.342. The highest BCUT2D eigenvalue weighted by molar-refractivity contribution is 5.81. The molecule has 0 aromatic heterocycles. The third-order valence-corrected chi connectivity index (χ3v) is 3.54. The molecular weight excluding hydrogens is 246 g/mol. The topological polar surface area (TPSA) is 90.3 Å². The van der Waals surface area contributed by atoms with E-state index < -0.39 is 5.54 Å². The molecule has 0 aliphatic carbocycles. The second-order valence-corrected chi connectivity index (χ2v) is 5.01. The largest absolute Gasteiger partial charge is 0.465 e. The van der Waals surface area contributed by atoms with Crippen LogP contribution in [0.2, 0.25) is 0 Å². The first-order valence-electron chi connectivity index (χ1n) is 6.69. The molecule has 108 valence electrons. The minimum atomic E-state index is -0.624. The average molecular weight is 269 g/mol. The van der Waals surface area contributed by atoms with E-state index in [1.165, 1.54) is 0 Å². The summed E-state index contributed by atoms with van der Waals surface area (Å²) in [6.45, 7) is 6.03. The van der Waals surface area contributed by atoms with Crippen LogP contribution in [0, 0.1) is 0 Å². The summed E-state index contributed by atoms with van der Waals surface area (Å²) in [7, 11) is 2.01. The lowest BCUT2D eigenvalue weighted by molar-refractivity contribution is -0.150. The number of carbonyl (C=O) groups excluding carboxylic acids is 1. The number of ether oxygens (including phenoxy) is 1. The summed E-state index contributed by atoms with van der Waals surface area (Å²) in [6.07, 6.45) is 1.45. The zero-order chi connectivity index (χ0) is 14.3. The van der Waals surface area contributed by atoms with Crippen LogP contribution >= 0.6 is 0 Å². The molecule has 2 atom stereocenters. The van der Waals surface area contributed by atoms with Crippen LogP contribution in [0.25, 0.3) is 10.4 Å². The fourth-order valence-corrected chi connectivity index (χ4v) is 2.45. The molecule has 0 radical (unpaired) electrons. The van der Waals surface area contributed by atoms with E-state index in [4.69, 9.17) is 10.3 Å². The monoisotopic (exact) mass is 269 g/mol. The van der Waals surface area contributed by atoms with Crippen molar-refractivity contribution in [2.75, 3.05) is 33.3 Å². The number of hydrogen-bond donors (Lipinski definition) is 1. The van der Waals surface area contributed by atoms with Gasteiger partial charge in [0.2, 0.25) is 0 Å². The summed E-state index contributed by atoms with van der Waals surface area (Å²) in [5, 5.41) is 6.78. The summed E-state index contributed by atoms with van der Waals surface area (Å²) >= 11 is 0. The first-order chi connectivity index (χ1) is 9.05. The predicted octanol–water partition coefficient (Wildman–Crippen LogP) is 1.30. The second kappa shape index (κ2) is 7.33. The number of esters is 1. The predicted molar refractivity (Wildman–Crippen MR) is 72.7 cm³/mol. The van der Waals surface area contributed by atoms with Gasteiger partial charge in [-0.3, -0.25) is 0 Å². The maximum Gasteiger partial charge on any atom is 0.327 e. The molecule has 7 nitrogen and oxygen atoms in total. The molecule has 0 amide bonds. The Balaban J connectivity index is 2.60. The van der Waals surface area contributed by atoms with Gasteiger partial charge < -0.3 is 15.0 Å². The first-order valence-corrected chi connectivity index (χ1v) is 6.69. The Morgan fingerprint density at radius 1 is 1.68 bits per heavy atom. The van der Waals surface area contributed by atoms with Crippen molar-refractivity contribution in [3.63, 3.8) is 0 Å². The highest BCUT2D eigenvalue weighted by Crippen LogP contribution is 2.27. The van der Waals surface area contributed by atoms with Gasteiger partial charge in [-0.25, -0.2) is 4.79 Å². The van der Waals surface area contributed by atoms with Gasteiger partial charge in [-0.15, -0.1) is 0 Å². The molecule has 2 unspecified atom stereocenters. The number of azide groups is 1. The first kappa shape index (κ1) is 15.8. The number of carbonyl (C=O) groups is 1. The Kier molecular flexibility index (Phi) is 6.08. The van der Waals surface area contributed by atoms with Crippen molar-refractivity contribution >= 4 is 5.97 Å². The molecule has 1 fully saturated rings. The van der Waals surface area contributed by atoms with Crippen molar-refractivity contribution in [3.8, 4) is 0 Å². The quantitative estimate of drug-likeness (QED) is 0.248. The lowest BCUT2D eigenvalue weighted by Crippen LogP contribution is -2.55. The number of likely N-dealkylation sites (tertiary alicyclic amines) is 1. The highest BCUT2D eigenvalue weighted by Gasteiger charge is 2.47. The molecule has 1 heterocycles. The second-order valence-electron chi connectivity index (χ2n) is 5.01. The van der Waals surface area contributed by atoms with Crippen LogP contribution in [-0.2, 0) is 9.53 Å². The van der Waals surface area contributed by atoms with Crippen molar-refractivity contribution in [1.82, 2.24) is 10.2 Å². The van der Waals surface area contributed by atoms with E-state index in [2.05, 4.69) is 27.2 Å². The fraction of sp³-hybridized carbons (Fsp3) is 0.917. The lowest BCUT2D eigenvalue weighted by atomic mass is 9.96. The van der Waals surface area contributed by atoms with Crippen LogP contribution < -0.4 is 5.32 Å². The number of nitrogens with zero attached hydrogens (tertiary/aromatic N) is 4. The SMILES string of the molecule is CCOC(=O)C1(NCCCN=[N+]=[N-])CC(C)N(C)C1. The molecule has 1 saturated heterocycles. The standard InChI is InChI=1S/C12H23N5O2/c1-4-19-11(18)12(8-10(2)17(3)9-12)14-6-5-7-15-16-13/h10,14H,4-9H2,1-3H3. The molecule has 0 bridgehead atoms. The molecule has 1 rings (SSSR count). The van der Waals surface area contributed by atoms with Gasteiger partial charge in [0, 0.05) is 24.0 Å². The highest BCUT2D eigenvalue weighted by atomic mass is 16.5. The Hall–Kier alpha value is -1.30. The van der Waals surface area contributed by atoms with Crippen LogP contribution in [0.1, 0.15) is 26.7 Å². The van der Waals surface area contributed by atoms with E-state index in [0.29, 0.717) is 38.7 Å². The van der Waals surface area contributed by atoms with Crippen molar-refractivity contribution < 1.29 is 9.53 Å². The maximum atomic E-state index is 12.2. The maximum absolute atomic E-state index is 12.2. The molecule has 7 heteroatoms. The molecule has 0 aromatic rings. The summed E-state index contributed by atoms with van der Waals surface area (Å²) in [4.78, 5) is 17.0. The molecule has 0 aromatic carbocycles. The minimum absolute atomic E-state index is 0.185. The molecule has 19 heavy (non-hydrogen) atoms. The van der Waals surface area contributed by atoms with Gasteiger partial charge in [-0.05, 0) is 45.8 Å². The molecular formula is C12H23N5O2. The third kappa shape index (κ3) is 4.09. The summed E-state index contributed by atoms with van der Waals surface area (Å²) in [5.41, 5.74) is 7.59. The number of rotatable bonds is 7. The van der Waals surface area contributed by atoms with Crippen LogP contribution in [-0.4, -0.2) is 55.7 Å². The van der Waals surface area contributed by atoms with Crippen LogP contribution in [0.5, 0.6) is 0 Å². The van der Waals surface area contributed by atoms with E-state index in [9.17, 15) is 4.79 Å². The molecule has 1 aliphatic heterocycles. The van der Waals surface area contributed by atoms with Gasteiger partial charge in [0.15, 0.2) is 0 Å².